The van der Waals surface area contributed by atoms with Gasteiger partial charge in [0.05, 0.1) is 0 Å². The third kappa shape index (κ3) is 1.74. The van der Waals surface area contributed by atoms with Crippen molar-refractivity contribution in [3.8, 4) is 0 Å². The zero-order valence-corrected chi connectivity index (χ0v) is 11.0. The number of hydrogen-bond acceptors (Lipinski definition) is 3. The van der Waals surface area contributed by atoms with Crippen LogP contribution in [0.2, 0.25) is 0 Å². The van der Waals surface area contributed by atoms with Crippen LogP contribution in [0.5, 0.6) is 0 Å². The zero-order valence-electron chi connectivity index (χ0n) is 9.44. The highest BCUT2D eigenvalue weighted by Gasteiger charge is 2.28. The largest absolute Gasteiger partial charge is 0.329 e. The molecule has 2 N–H and O–H groups in total. The Morgan fingerprint density at radius 3 is 2.81 bits per heavy atom. The number of halogens is 1. The van der Waals surface area contributed by atoms with Gasteiger partial charge in [-0.1, -0.05) is 13.8 Å². The first-order valence-electron chi connectivity index (χ1n) is 5.31. The van der Waals surface area contributed by atoms with E-state index in [1.54, 1.807) is 0 Å². The molecule has 0 spiro atoms. The summed E-state index contributed by atoms with van der Waals surface area (Å²) >= 11 is 3.45. The molecule has 0 bridgehead atoms. The molecular formula is C11H15BrN4. The highest BCUT2D eigenvalue weighted by atomic mass is 79.9. The molecule has 0 aliphatic rings. The fourth-order valence-electron chi connectivity index (χ4n) is 1.67. The number of aromatic nitrogens is 3. The van der Waals surface area contributed by atoms with Crippen LogP contribution in [0.3, 0.4) is 0 Å². The summed E-state index contributed by atoms with van der Waals surface area (Å²) in [5, 5.41) is 8.42. The first-order valence-corrected chi connectivity index (χ1v) is 6.11. The van der Waals surface area contributed by atoms with Gasteiger partial charge in [0.15, 0.2) is 5.65 Å². The second kappa shape index (κ2) is 4.14. The maximum atomic E-state index is 5.85. The summed E-state index contributed by atoms with van der Waals surface area (Å²) in [6, 6.07) is 3.90. The minimum atomic E-state index is -0.125. The highest BCUT2D eigenvalue weighted by Crippen LogP contribution is 2.25. The topological polar surface area (TPSA) is 56.2 Å². The predicted octanol–water partition coefficient (Wildman–Crippen LogP) is 2.12. The van der Waals surface area contributed by atoms with Crippen molar-refractivity contribution in [2.45, 2.75) is 25.7 Å². The molecule has 0 amide bonds. The normalized spacial score (nSPS) is 15.2. The van der Waals surface area contributed by atoms with Gasteiger partial charge in [-0.3, -0.25) is 4.40 Å². The van der Waals surface area contributed by atoms with Crippen LogP contribution in [0.4, 0.5) is 0 Å². The molecule has 0 aliphatic heterocycles. The van der Waals surface area contributed by atoms with E-state index in [4.69, 9.17) is 5.73 Å². The lowest BCUT2D eigenvalue weighted by Crippen LogP contribution is -2.33. The van der Waals surface area contributed by atoms with Crippen molar-refractivity contribution in [2.24, 2.45) is 5.73 Å². The Hall–Kier alpha value is -0.940. The van der Waals surface area contributed by atoms with Gasteiger partial charge in [0.25, 0.3) is 0 Å². The van der Waals surface area contributed by atoms with Crippen LogP contribution < -0.4 is 5.73 Å². The lowest BCUT2D eigenvalue weighted by atomic mass is 9.87. The number of hydrogen-bond donors (Lipinski definition) is 1. The Morgan fingerprint density at radius 1 is 1.44 bits per heavy atom. The molecule has 0 radical (unpaired) electrons. The van der Waals surface area contributed by atoms with Gasteiger partial charge in [0, 0.05) is 22.6 Å². The van der Waals surface area contributed by atoms with E-state index in [-0.39, 0.29) is 5.41 Å². The third-order valence-electron chi connectivity index (χ3n) is 3.14. The maximum Gasteiger partial charge on any atom is 0.160 e. The van der Waals surface area contributed by atoms with E-state index in [1.807, 2.05) is 22.7 Å². The van der Waals surface area contributed by atoms with E-state index in [9.17, 15) is 0 Å². The van der Waals surface area contributed by atoms with Crippen molar-refractivity contribution in [2.75, 3.05) is 6.54 Å². The van der Waals surface area contributed by atoms with E-state index in [0.717, 1.165) is 22.4 Å². The van der Waals surface area contributed by atoms with E-state index >= 15 is 0 Å². The van der Waals surface area contributed by atoms with Gasteiger partial charge in [-0.2, -0.15) is 0 Å². The summed E-state index contributed by atoms with van der Waals surface area (Å²) in [5.41, 5.74) is 6.57. The SMILES string of the molecule is CCC(C)(CN)c1nnc2ccc(Br)cn12. The van der Waals surface area contributed by atoms with Crippen molar-refractivity contribution in [1.29, 1.82) is 0 Å². The number of nitrogens with zero attached hydrogens (tertiary/aromatic N) is 3. The average Bonchev–Trinajstić information content (AvgIpc) is 2.71. The number of fused-ring (bicyclic) bond motifs is 1. The first-order chi connectivity index (χ1) is 7.60. The predicted molar refractivity (Wildman–Crippen MR) is 67.4 cm³/mol. The minimum Gasteiger partial charge on any atom is -0.329 e. The lowest BCUT2D eigenvalue weighted by molar-refractivity contribution is 0.434. The maximum absolute atomic E-state index is 5.85. The number of pyridine rings is 1. The molecule has 2 aromatic heterocycles. The Labute approximate surface area is 103 Å². The summed E-state index contributed by atoms with van der Waals surface area (Å²) in [4.78, 5) is 0. The van der Waals surface area contributed by atoms with Crippen molar-refractivity contribution < 1.29 is 0 Å². The molecule has 2 heterocycles. The molecule has 5 heteroatoms. The molecular weight excluding hydrogens is 268 g/mol. The first kappa shape index (κ1) is 11.5. The standard InChI is InChI=1S/C11H15BrN4/c1-3-11(2,7-13)10-15-14-9-5-4-8(12)6-16(9)10/h4-6H,3,7,13H2,1-2H3. The van der Waals surface area contributed by atoms with Crippen molar-refractivity contribution >= 4 is 21.6 Å². The molecule has 2 rings (SSSR count). The molecule has 0 aliphatic carbocycles. The van der Waals surface area contributed by atoms with Crippen molar-refractivity contribution in [3.63, 3.8) is 0 Å². The molecule has 2 aromatic rings. The molecule has 0 saturated heterocycles. The molecule has 0 saturated carbocycles. The second-order valence-corrected chi connectivity index (χ2v) is 5.13. The van der Waals surface area contributed by atoms with E-state index in [1.165, 1.54) is 0 Å². The van der Waals surface area contributed by atoms with Crippen LogP contribution in [-0.2, 0) is 5.41 Å². The monoisotopic (exact) mass is 282 g/mol. The van der Waals surface area contributed by atoms with Crippen LogP contribution in [0.1, 0.15) is 26.1 Å². The molecule has 0 fully saturated rings. The molecule has 0 aromatic carbocycles. The van der Waals surface area contributed by atoms with Gasteiger partial charge in [0.2, 0.25) is 0 Å². The van der Waals surface area contributed by atoms with E-state index in [2.05, 4.69) is 40.0 Å². The smallest absolute Gasteiger partial charge is 0.160 e. The summed E-state index contributed by atoms with van der Waals surface area (Å²) < 4.78 is 3.01. The minimum absolute atomic E-state index is 0.125. The molecule has 16 heavy (non-hydrogen) atoms. The van der Waals surface area contributed by atoms with Gasteiger partial charge >= 0.3 is 0 Å². The van der Waals surface area contributed by atoms with Crippen LogP contribution >= 0.6 is 15.9 Å². The van der Waals surface area contributed by atoms with Crippen LogP contribution in [0, 0.1) is 0 Å². The third-order valence-corrected chi connectivity index (χ3v) is 3.61. The quantitative estimate of drug-likeness (QED) is 0.938. The highest BCUT2D eigenvalue weighted by molar-refractivity contribution is 9.10. The van der Waals surface area contributed by atoms with Gasteiger partial charge in [-0.15, -0.1) is 10.2 Å². The second-order valence-electron chi connectivity index (χ2n) is 4.22. The summed E-state index contributed by atoms with van der Waals surface area (Å²) in [6.07, 6.45) is 2.92. The number of nitrogens with two attached hydrogens (primary N) is 1. The van der Waals surface area contributed by atoms with Crippen LogP contribution in [0.25, 0.3) is 5.65 Å². The molecule has 4 nitrogen and oxygen atoms in total. The Kier molecular flexibility index (Phi) is 2.99. The Balaban J connectivity index is 2.64. The van der Waals surface area contributed by atoms with Gasteiger partial charge in [-0.05, 0) is 34.5 Å². The molecule has 86 valence electrons. The van der Waals surface area contributed by atoms with Crippen molar-refractivity contribution in [1.82, 2.24) is 14.6 Å². The van der Waals surface area contributed by atoms with Crippen LogP contribution in [0.15, 0.2) is 22.8 Å². The van der Waals surface area contributed by atoms with Gasteiger partial charge < -0.3 is 5.73 Å². The summed E-state index contributed by atoms with van der Waals surface area (Å²) in [5.74, 6) is 0.925. The summed E-state index contributed by atoms with van der Waals surface area (Å²) in [7, 11) is 0. The van der Waals surface area contributed by atoms with E-state index in [0.29, 0.717) is 6.54 Å². The van der Waals surface area contributed by atoms with Gasteiger partial charge in [-0.25, -0.2) is 0 Å². The number of rotatable bonds is 3. The zero-order chi connectivity index (χ0) is 11.8. The molecule has 1 atom stereocenters. The van der Waals surface area contributed by atoms with E-state index < -0.39 is 0 Å². The Morgan fingerprint density at radius 2 is 2.19 bits per heavy atom. The summed E-state index contributed by atoms with van der Waals surface area (Å²) in [6.45, 7) is 4.80. The average molecular weight is 283 g/mol. The van der Waals surface area contributed by atoms with Gasteiger partial charge in [0.1, 0.15) is 5.82 Å². The molecule has 1 unspecified atom stereocenters. The fraction of sp³-hybridized carbons (Fsp3) is 0.455. The van der Waals surface area contributed by atoms with Crippen molar-refractivity contribution in [3.05, 3.63) is 28.6 Å². The van der Waals surface area contributed by atoms with Crippen LogP contribution in [-0.4, -0.2) is 21.1 Å². The lowest BCUT2D eigenvalue weighted by Gasteiger charge is -2.24. The Bertz CT molecular complexity index is 502. The fourth-order valence-corrected chi connectivity index (χ4v) is 2.01.